The molecule has 0 aliphatic rings. The van der Waals surface area contributed by atoms with Crippen molar-refractivity contribution in [3.8, 4) is 11.3 Å². The first-order valence-electron chi connectivity index (χ1n) is 4.25. The second-order valence-corrected chi connectivity index (χ2v) is 3.45. The fourth-order valence-corrected chi connectivity index (χ4v) is 1.43. The predicted octanol–water partition coefficient (Wildman–Crippen LogP) is 1.36. The van der Waals surface area contributed by atoms with Gasteiger partial charge >= 0.3 is 0 Å². The van der Waals surface area contributed by atoms with Gasteiger partial charge in [-0.15, -0.1) is 0 Å². The molecule has 82 valence electrons. The second kappa shape index (κ2) is 3.90. The van der Waals surface area contributed by atoms with Crippen LogP contribution in [-0.2, 0) is 0 Å². The number of benzene rings is 1. The number of nitrogens with two attached hydrogens (primary N) is 1. The summed E-state index contributed by atoms with van der Waals surface area (Å²) in [5.41, 5.74) is 5.14. The smallest absolute Gasteiger partial charge is 0.271 e. The average Bonchev–Trinajstić information content (AvgIpc) is 2.66. The number of aromatic nitrogens is 3. The molecule has 0 saturated carbocycles. The Morgan fingerprint density at radius 1 is 1.44 bits per heavy atom. The van der Waals surface area contributed by atoms with Crippen molar-refractivity contribution in [3.63, 3.8) is 0 Å². The molecule has 2 rings (SSSR count). The number of rotatable bonds is 2. The van der Waals surface area contributed by atoms with Gasteiger partial charge in [0.25, 0.3) is 5.91 Å². The molecule has 7 heteroatoms. The lowest BCUT2D eigenvalue weighted by molar-refractivity contribution is 0.0996. The van der Waals surface area contributed by atoms with Crippen molar-refractivity contribution in [2.75, 3.05) is 0 Å². The summed E-state index contributed by atoms with van der Waals surface area (Å²) in [5, 5.41) is 9.70. The predicted molar refractivity (Wildman–Crippen MR) is 55.3 cm³/mol. The first kappa shape index (κ1) is 10.6. The number of primary amides is 1. The molecule has 5 nitrogen and oxygen atoms in total. The summed E-state index contributed by atoms with van der Waals surface area (Å²) in [5.74, 6) is -1.37. The lowest BCUT2D eigenvalue weighted by Gasteiger charge is -2.00. The number of amides is 1. The van der Waals surface area contributed by atoms with E-state index >= 15 is 0 Å². The minimum Gasteiger partial charge on any atom is -0.364 e. The zero-order chi connectivity index (χ0) is 11.7. The molecular formula is C9H6ClFN4O. The van der Waals surface area contributed by atoms with Crippen LogP contribution in [0.1, 0.15) is 10.5 Å². The van der Waals surface area contributed by atoms with Crippen molar-refractivity contribution in [2.24, 2.45) is 5.73 Å². The molecule has 0 bridgehead atoms. The van der Waals surface area contributed by atoms with Crippen LogP contribution in [0.5, 0.6) is 0 Å². The molecule has 1 aromatic heterocycles. The molecule has 1 aromatic carbocycles. The maximum absolute atomic E-state index is 13.5. The van der Waals surface area contributed by atoms with Crippen LogP contribution in [0, 0.1) is 5.82 Å². The van der Waals surface area contributed by atoms with Crippen molar-refractivity contribution in [2.45, 2.75) is 0 Å². The molecule has 0 aliphatic heterocycles. The van der Waals surface area contributed by atoms with Crippen LogP contribution < -0.4 is 5.73 Å². The summed E-state index contributed by atoms with van der Waals surface area (Å²) in [7, 11) is 0. The van der Waals surface area contributed by atoms with Gasteiger partial charge in [0.05, 0.1) is 0 Å². The Morgan fingerprint density at radius 2 is 2.19 bits per heavy atom. The average molecular weight is 241 g/mol. The van der Waals surface area contributed by atoms with Gasteiger partial charge in [0.2, 0.25) is 0 Å². The minimum atomic E-state index is -0.780. The van der Waals surface area contributed by atoms with Crippen molar-refractivity contribution in [1.82, 2.24) is 15.4 Å². The fourth-order valence-electron chi connectivity index (χ4n) is 1.27. The van der Waals surface area contributed by atoms with Crippen molar-refractivity contribution in [3.05, 3.63) is 34.7 Å². The van der Waals surface area contributed by atoms with E-state index in [2.05, 4.69) is 15.4 Å². The largest absolute Gasteiger partial charge is 0.364 e. The number of carbonyl (C=O) groups is 1. The Bertz CT molecular complexity index is 554. The highest BCUT2D eigenvalue weighted by Crippen LogP contribution is 2.25. The fraction of sp³-hybridized carbons (Fsp3) is 0. The standard InChI is InChI=1S/C9H6ClFN4O/c10-4-1-2-5(6(11)3-4)7-8(9(12)16)14-15-13-7/h1-3H,(H2,12,16)(H,13,14,15). The van der Waals surface area contributed by atoms with E-state index in [1.807, 2.05) is 0 Å². The number of H-pyrrole nitrogens is 1. The highest BCUT2D eigenvalue weighted by molar-refractivity contribution is 6.30. The van der Waals surface area contributed by atoms with Crippen LogP contribution >= 0.6 is 11.6 Å². The molecule has 0 spiro atoms. The van der Waals surface area contributed by atoms with E-state index in [1.165, 1.54) is 12.1 Å². The van der Waals surface area contributed by atoms with Gasteiger partial charge in [-0.05, 0) is 18.2 Å². The topological polar surface area (TPSA) is 84.7 Å². The van der Waals surface area contributed by atoms with Gasteiger partial charge < -0.3 is 5.73 Å². The molecule has 1 heterocycles. The van der Waals surface area contributed by atoms with E-state index < -0.39 is 11.7 Å². The van der Waals surface area contributed by atoms with Crippen molar-refractivity contribution in [1.29, 1.82) is 0 Å². The molecular weight excluding hydrogens is 235 g/mol. The van der Waals surface area contributed by atoms with Gasteiger partial charge in [0.15, 0.2) is 5.69 Å². The van der Waals surface area contributed by atoms with Gasteiger partial charge in [-0.25, -0.2) is 4.39 Å². The van der Waals surface area contributed by atoms with Crippen molar-refractivity contribution >= 4 is 17.5 Å². The highest BCUT2D eigenvalue weighted by atomic mass is 35.5. The van der Waals surface area contributed by atoms with E-state index in [1.54, 1.807) is 0 Å². The van der Waals surface area contributed by atoms with Crippen LogP contribution in [0.15, 0.2) is 18.2 Å². The first-order chi connectivity index (χ1) is 7.59. The maximum atomic E-state index is 13.5. The highest BCUT2D eigenvalue weighted by Gasteiger charge is 2.18. The number of aromatic amines is 1. The van der Waals surface area contributed by atoms with E-state index in [9.17, 15) is 9.18 Å². The Kier molecular flexibility index (Phi) is 2.57. The molecule has 0 unspecified atom stereocenters. The third kappa shape index (κ3) is 1.74. The van der Waals surface area contributed by atoms with Crippen LogP contribution in [0.2, 0.25) is 5.02 Å². The lowest BCUT2D eigenvalue weighted by atomic mass is 10.1. The summed E-state index contributed by atoms with van der Waals surface area (Å²) in [6, 6.07) is 4.01. The zero-order valence-corrected chi connectivity index (χ0v) is 8.62. The van der Waals surface area contributed by atoms with Gasteiger partial charge in [0.1, 0.15) is 11.5 Å². The molecule has 3 N–H and O–H groups in total. The Labute approximate surface area is 94.4 Å². The molecule has 0 aliphatic carbocycles. The number of nitrogens with one attached hydrogen (secondary N) is 1. The Balaban J connectivity index is 2.59. The van der Waals surface area contributed by atoms with Gasteiger partial charge in [-0.1, -0.05) is 11.6 Å². The summed E-state index contributed by atoms with van der Waals surface area (Å²) in [6.45, 7) is 0. The number of carbonyl (C=O) groups excluding carboxylic acids is 1. The maximum Gasteiger partial charge on any atom is 0.271 e. The van der Waals surface area contributed by atoms with Gasteiger partial charge in [-0.2, -0.15) is 15.4 Å². The minimum absolute atomic E-state index is 0.0710. The van der Waals surface area contributed by atoms with Crippen LogP contribution in [0.4, 0.5) is 4.39 Å². The molecule has 1 amide bonds. The van der Waals surface area contributed by atoms with E-state index in [0.29, 0.717) is 0 Å². The number of halogens is 2. The molecule has 16 heavy (non-hydrogen) atoms. The normalized spacial score (nSPS) is 10.4. The lowest BCUT2D eigenvalue weighted by Crippen LogP contribution is -2.13. The summed E-state index contributed by atoms with van der Waals surface area (Å²) >= 11 is 5.61. The number of hydrogen-bond acceptors (Lipinski definition) is 3. The van der Waals surface area contributed by atoms with Crippen LogP contribution in [0.25, 0.3) is 11.3 Å². The SMILES string of the molecule is NC(=O)c1n[nH]nc1-c1ccc(Cl)cc1F. The summed E-state index contributed by atoms with van der Waals surface area (Å²) in [6.07, 6.45) is 0. The van der Waals surface area contributed by atoms with Gasteiger partial charge in [0, 0.05) is 10.6 Å². The van der Waals surface area contributed by atoms with E-state index in [4.69, 9.17) is 17.3 Å². The number of hydrogen-bond donors (Lipinski definition) is 2. The molecule has 0 fully saturated rings. The Morgan fingerprint density at radius 3 is 2.81 bits per heavy atom. The summed E-state index contributed by atoms with van der Waals surface area (Å²) < 4.78 is 13.5. The third-order valence-electron chi connectivity index (χ3n) is 1.97. The van der Waals surface area contributed by atoms with Crippen molar-refractivity contribution < 1.29 is 9.18 Å². The zero-order valence-electron chi connectivity index (χ0n) is 7.87. The van der Waals surface area contributed by atoms with Crippen LogP contribution in [0.3, 0.4) is 0 Å². The monoisotopic (exact) mass is 240 g/mol. The Hall–Kier alpha value is -1.95. The quantitative estimate of drug-likeness (QED) is 0.831. The molecule has 2 aromatic rings. The molecule has 0 radical (unpaired) electrons. The van der Waals surface area contributed by atoms with Gasteiger partial charge in [-0.3, -0.25) is 4.79 Å². The van der Waals surface area contributed by atoms with E-state index in [0.717, 1.165) is 6.07 Å². The first-order valence-corrected chi connectivity index (χ1v) is 4.63. The second-order valence-electron chi connectivity index (χ2n) is 3.01. The summed E-state index contributed by atoms with van der Waals surface area (Å²) in [4.78, 5) is 11.0. The molecule has 0 saturated heterocycles. The molecule has 0 atom stereocenters. The van der Waals surface area contributed by atoms with Crippen LogP contribution in [-0.4, -0.2) is 21.3 Å². The van der Waals surface area contributed by atoms with E-state index in [-0.39, 0.29) is 22.0 Å². The third-order valence-corrected chi connectivity index (χ3v) is 2.20. The number of nitrogens with zero attached hydrogens (tertiary/aromatic N) is 2.